The highest BCUT2D eigenvalue weighted by Gasteiger charge is 2.12. The quantitative estimate of drug-likeness (QED) is 0.858. The average Bonchev–Trinajstić information content (AvgIpc) is 2.82. The Kier molecular flexibility index (Phi) is 3.73. The first-order chi connectivity index (χ1) is 8.58. The van der Waals surface area contributed by atoms with Crippen LogP contribution >= 0.6 is 0 Å². The van der Waals surface area contributed by atoms with Gasteiger partial charge in [-0.05, 0) is 19.1 Å². The summed E-state index contributed by atoms with van der Waals surface area (Å²) in [5.41, 5.74) is 1.02. The Morgan fingerprint density at radius 3 is 2.61 bits per heavy atom. The molecule has 0 aliphatic heterocycles. The van der Waals surface area contributed by atoms with Gasteiger partial charge in [0.2, 0.25) is 10.0 Å². The highest BCUT2D eigenvalue weighted by molar-refractivity contribution is 7.89. The van der Waals surface area contributed by atoms with Gasteiger partial charge in [0.1, 0.15) is 12.7 Å². The molecular formula is C11H14N4O2S. The molecule has 0 aliphatic carbocycles. The molecule has 6 nitrogen and oxygen atoms in total. The molecule has 96 valence electrons. The van der Waals surface area contributed by atoms with E-state index in [1.807, 2.05) is 6.92 Å². The van der Waals surface area contributed by atoms with Crippen LogP contribution < -0.4 is 4.72 Å². The molecule has 1 aromatic carbocycles. The van der Waals surface area contributed by atoms with E-state index in [1.165, 1.54) is 6.33 Å². The number of nitrogens with zero attached hydrogens (tertiary/aromatic N) is 3. The molecule has 0 unspecified atom stereocenters. The fraction of sp³-hybridized carbons (Fsp3) is 0.273. The van der Waals surface area contributed by atoms with Gasteiger partial charge in [-0.25, -0.2) is 18.1 Å². The van der Waals surface area contributed by atoms with Crippen LogP contribution in [-0.4, -0.2) is 29.7 Å². The van der Waals surface area contributed by atoms with E-state index in [1.54, 1.807) is 35.3 Å². The number of aryl methyl sites for hydroxylation is 1. The van der Waals surface area contributed by atoms with Crippen molar-refractivity contribution < 1.29 is 8.42 Å². The Hall–Kier alpha value is -1.73. The largest absolute Gasteiger partial charge is 0.252 e. The minimum atomic E-state index is -3.44. The third kappa shape index (κ3) is 3.14. The minimum absolute atomic E-state index is 0.270. The summed E-state index contributed by atoms with van der Waals surface area (Å²) in [7, 11) is -3.44. The number of nitrogens with one attached hydrogen (secondary N) is 1. The van der Waals surface area contributed by atoms with Gasteiger partial charge in [-0.3, -0.25) is 4.68 Å². The van der Waals surface area contributed by atoms with Gasteiger partial charge in [-0.15, -0.1) is 0 Å². The molecule has 2 rings (SSSR count). The second-order valence-corrected chi connectivity index (χ2v) is 5.64. The van der Waals surface area contributed by atoms with Crippen LogP contribution in [0.4, 0.5) is 0 Å². The van der Waals surface area contributed by atoms with Crippen molar-refractivity contribution in [2.24, 2.45) is 0 Å². The highest BCUT2D eigenvalue weighted by atomic mass is 32.2. The topological polar surface area (TPSA) is 76.9 Å². The third-order valence-electron chi connectivity index (χ3n) is 2.43. The van der Waals surface area contributed by atoms with Crippen molar-refractivity contribution in [2.45, 2.75) is 18.4 Å². The molecule has 0 saturated carbocycles. The normalized spacial score (nSPS) is 11.6. The highest BCUT2D eigenvalue weighted by Crippen LogP contribution is 2.09. The molecule has 0 spiro atoms. The van der Waals surface area contributed by atoms with Crippen LogP contribution in [-0.2, 0) is 16.6 Å². The number of aromatic nitrogens is 3. The van der Waals surface area contributed by atoms with Gasteiger partial charge < -0.3 is 0 Å². The van der Waals surface area contributed by atoms with Gasteiger partial charge in [0.25, 0.3) is 0 Å². The van der Waals surface area contributed by atoms with Crippen molar-refractivity contribution in [3.63, 3.8) is 0 Å². The Morgan fingerprint density at radius 1 is 1.28 bits per heavy atom. The molecule has 0 bridgehead atoms. The van der Waals surface area contributed by atoms with Gasteiger partial charge in [0.05, 0.1) is 11.4 Å². The van der Waals surface area contributed by atoms with Crippen LogP contribution in [0, 0.1) is 6.92 Å². The lowest BCUT2D eigenvalue weighted by molar-refractivity contribution is 0.560. The molecular weight excluding hydrogens is 252 g/mol. The molecule has 0 fully saturated rings. The van der Waals surface area contributed by atoms with Gasteiger partial charge in [-0.2, -0.15) is 5.10 Å². The smallest absolute Gasteiger partial charge is 0.240 e. The van der Waals surface area contributed by atoms with E-state index >= 15 is 0 Å². The molecule has 0 radical (unpaired) electrons. The zero-order chi connectivity index (χ0) is 13.0. The Balaban J connectivity index is 1.97. The zero-order valence-electron chi connectivity index (χ0n) is 9.94. The fourth-order valence-electron chi connectivity index (χ4n) is 1.44. The van der Waals surface area contributed by atoms with Crippen molar-refractivity contribution in [3.8, 4) is 0 Å². The molecule has 1 N–H and O–H groups in total. The standard InChI is InChI=1S/C11H14N4O2S/c1-10-2-4-11(5-3-10)18(16,17)14-6-7-15-9-12-8-13-15/h2-5,8-9,14H,6-7H2,1H3. The monoisotopic (exact) mass is 266 g/mol. The molecule has 2 aromatic rings. The van der Waals surface area contributed by atoms with E-state index in [0.29, 0.717) is 6.54 Å². The van der Waals surface area contributed by atoms with Crippen LogP contribution in [0.5, 0.6) is 0 Å². The molecule has 0 saturated heterocycles. The molecule has 0 atom stereocenters. The van der Waals surface area contributed by atoms with Crippen molar-refractivity contribution in [1.29, 1.82) is 0 Å². The summed E-state index contributed by atoms with van der Waals surface area (Å²) < 4.78 is 27.9. The third-order valence-corrected chi connectivity index (χ3v) is 3.91. The maximum Gasteiger partial charge on any atom is 0.240 e. The van der Waals surface area contributed by atoms with E-state index in [9.17, 15) is 8.42 Å². The maximum absolute atomic E-state index is 11.9. The average molecular weight is 266 g/mol. The summed E-state index contributed by atoms with van der Waals surface area (Å²) in [6.07, 6.45) is 2.95. The molecule has 1 heterocycles. The number of hydrogen-bond acceptors (Lipinski definition) is 4. The van der Waals surface area contributed by atoms with Crippen LogP contribution in [0.25, 0.3) is 0 Å². The van der Waals surface area contributed by atoms with Crippen molar-refractivity contribution >= 4 is 10.0 Å². The van der Waals surface area contributed by atoms with E-state index in [0.717, 1.165) is 5.56 Å². The predicted octanol–water partition coefficient (Wildman–Crippen LogP) is 0.565. The van der Waals surface area contributed by atoms with E-state index in [2.05, 4.69) is 14.8 Å². The molecule has 7 heteroatoms. The van der Waals surface area contributed by atoms with Gasteiger partial charge in [-0.1, -0.05) is 17.7 Å². The SMILES string of the molecule is Cc1ccc(S(=O)(=O)NCCn2cncn2)cc1. The summed E-state index contributed by atoms with van der Waals surface area (Å²) in [6, 6.07) is 6.72. The van der Waals surface area contributed by atoms with Gasteiger partial charge in [0, 0.05) is 6.54 Å². The van der Waals surface area contributed by atoms with Crippen molar-refractivity contribution in [3.05, 3.63) is 42.5 Å². The summed E-state index contributed by atoms with van der Waals surface area (Å²) in [6.45, 7) is 2.64. The van der Waals surface area contributed by atoms with Crippen molar-refractivity contribution in [2.75, 3.05) is 6.54 Å². The number of hydrogen-bond donors (Lipinski definition) is 1. The van der Waals surface area contributed by atoms with E-state index < -0.39 is 10.0 Å². The molecule has 1 aromatic heterocycles. The Bertz CT molecular complexity index is 590. The molecule has 0 amide bonds. The zero-order valence-corrected chi connectivity index (χ0v) is 10.8. The lowest BCUT2D eigenvalue weighted by Gasteiger charge is -2.06. The first kappa shape index (κ1) is 12.7. The van der Waals surface area contributed by atoms with Gasteiger partial charge >= 0.3 is 0 Å². The Labute approximate surface area is 106 Å². The molecule has 0 aliphatic rings. The lowest BCUT2D eigenvalue weighted by atomic mass is 10.2. The van der Waals surface area contributed by atoms with Crippen LogP contribution in [0.1, 0.15) is 5.56 Å². The summed E-state index contributed by atoms with van der Waals surface area (Å²) in [5, 5.41) is 3.89. The Morgan fingerprint density at radius 2 is 2.00 bits per heavy atom. The summed E-state index contributed by atoms with van der Waals surface area (Å²) in [5.74, 6) is 0. The van der Waals surface area contributed by atoms with Crippen LogP contribution in [0.15, 0.2) is 41.8 Å². The van der Waals surface area contributed by atoms with Crippen molar-refractivity contribution in [1.82, 2.24) is 19.5 Å². The van der Waals surface area contributed by atoms with E-state index in [4.69, 9.17) is 0 Å². The fourth-order valence-corrected chi connectivity index (χ4v) is 2.46. The van der Waals surface area contributed by atoms with Gasteiger partial charge in [0.15, 0.2) is 0 Å². The summed E-state index contributed by atoms with van der Waals surface area (Å²) >= 11 is 0. The second kappa shape index (κ2) is 5.28. The number of benzene rings is 1. The predicted molar refractivity (Wildman–Crippen MR) is 66.4 cm³/mol. The minimum Gasteiger partial charge on any atom is -0.252 e. The molecule has 18 heavy (non-hydrogen) atoms. The number of sulfonamides is 1. The maximum atomic E-state index is 11.9. The number of rotatable bonds is 5. The van der Waals surface area contributed by atoms with E-state index in [-0.39, 0.29) is 11.4 Å². The van der Waals surface area contributed by atoms with Crippen LogP contribution in [0.3, 0.4) is 0 Å². The lowest BCUT2D eigenvalue weighted by Crippen LogP contribution is -2.27. The summed E-state index contributed by atoms with van der Waals surface area (Å²) in [4.78, 5) is 4.05. The first-order valence-corrected chi connectivity index (χ1v) is 6.95. The second-order valence-electron chi connectivity index (χ2n) is 3.87. The van der Waals surface area contributed by atoms with Crippen LogP contribution in [0.2, 0.25) is 0 Å². The first-order valence-electron chi connectivity index (χ1n) is 5.47.